The van der Waals surface area contributed by atoms with Gasteiger partial charge in [0.2, 0.25) is 5.91 Å². The Morgan fingerprint density at radius 3 is 2.42 bits per heavy atom. The maximum absolute atomic E-state index is 14.9. The molecule has 188 valence electrons. The van der Waals surface area contributed by atoms with Crippen LogP contribution in [0.3, 0.4) is 0 Å². The number of hydrogen-bond acceptors (Lipinski definition) is 5. The van der Waals surface area contributed by atoms with Gasteiger partial charge in [0.15, 0.2) is 9.84 Å². The number of sulfone groups is 1. The number of aliphatic hydroxyl groups excluding tert-OH is 1. The third kappa shape index (κ3) is 5.67. The van der Waals surface area contributed by atoms with Crippen molar-refractivity contribution in [3.8, 4) is 11.1 Å². The van der Waals surface area contributed by atoms with Crippen molar-refractivity contribution < 1.29 is 27.5 Å². The number of rotatable bonds is 5. The van der Waals surface area contributed by atoms with Gasteiger partial charge in [-0.15, -0.1) is 0 Å². The van der Waals surface area contributed by atoms with E-state index in [2.05, 4.69) is 10.6 Å². The minimum Gasteiger partial charge on any atom is -0.391 e. The van der Waals surface area contributed by atoms with Crippen molar-refractivity contribution in [2.24, 2.45) is 0 Å². The number of benzene rings is 3. The van der Waals surface area contributed by atoms with E-state index in [1.807, 2.05) is 0 Å². The summed E-state index contributed by atoms with van der Waals surface area (Å²) < 4.78 is 39.1. The van der Waals surface area contributed by atoms with Gasteiger partial charge in [-0.25, -0.2) is 17.6 Å². The summed E-state index contributed by atoms with van der Waals surface area (Å²) in [5, 5.41) is 15.7. The SMILES string of the molecule is CS(=O)(=O)c1ccccc1-c1ccc(NC(=O)[C@H]2C[C@@H](O)CN2C(=O)Nc2ccc(Cl)cc2)c(F)c1. The molecule has 3 amide bonds. The van der Waals surface area contributed by atoms with Gasteiger partial charge in [-0.2, -0.15) is 0 Å². The number of urea groups is 1. The van der Waals surface area contributed by atoms with Crippen LogP contribution in [0.5, 0.6) is 0 Å². The summed E-state index contributed by atoms with van der Waals surface area (Å²) in [7, 11) is -3.54. The average molecular weight is 532 g/mol. The molecule has 1 aliphatic rings. The number of amides is 3. The van der Waals surface area contributed by atoms with E-state index in [1.54, 1.807) is 42.5 Å². The second kappa shape index (κ2) is 10.3. The smallest absolute Gasteiger partial charge is 0.322 e. The third-order valence-corrected chi connectivity index (χ3v) is 7.17. The van der Waals surface area contributed by atoms with Gasteiger partial charge in [-0.1, -0.05) is 35.9 Å². The van der Waals surface area contributed by atoms with Gasteiger partial charge < -0.3 is 20.6 Å². The summed E-state index contributed by atoms with van der Waals surface area (Å²) in [5.74, 6) is -1.44. The van der Waals surface area contributed by atoms with Gasteiger partial charge in [0, 0.05) is 35.5 Å². The quantitative estimate of drug-likeness (QED) is 0.457. The van der Waals surface area contributed by atoms with E-state index < -0.39 is 39.7 Å². The van der Waals surface area contributed by atoms with E-state index in [0.29, 0.717) is 21.8 Å². The molecule has 11 heteroatoms. The normalized spacial score (nSPS) is 17.6. The summed E-state index contributed by atoms with van der Waals surface area (Å²) in [6.45, 7) is -0.0682. The fourth-order valence-electron chi connectivity index (χ4n) is 4.04. The fraction of sp³-hybridized carbons (Fsp3) is 0.200. The molecular weight excluding hydrogens is 509 g/mol. The lowest BCUT2D eigenvalue weighted by Crippen LogP contribution is -2.45. The Balaban J connectivity index is 1.51. The minimum atomic E-state index is -3.54. The Bertz CT molecular complexity index is 1420. The largest absolute Gasteiger partial charge is 0.391 e. The van der Waals surface area contributed by atoms with Crippen molar-refractivity contribution in [2.45, 2.75) is 23.5 Å². The van der Waals surface area contributed by atoms with Crippen LogP contribution in [0.15, 0.2) is 71.6 Å². The number of halogens is 2. The molecule has 1 heterocycles. The van der Waals surface area contributed by atoms with Gasteiger partial charge in [0.1, 0.15) is 11.9 Å². The molecule has 8 nitrogen and oxygen atoms in total. The topological polar surface area (TPSA) is 116 Å². The zero-order chi connectivity index (χ0) is 26.0. The molecule has 0 radical (unpaired) electrons. The first-order valence-electron chi connectivity index (χ1n) is 10.9. The molecule has 0 bridgehead atoms. The molecular formula is C25H23ClFN3O5S. The van der Waals surface area contributed by atoms with E-state index in [1.165, 1.54) is 23.1 Å². The predicted octanol–water partition coefficient (Wildman–Crippen LogP) is 4.16. The van der Waals surface area contributed by atoms with Crippen LogP contribution < -0.4 is 10.6 Å². The van der Waals surface area contributed by atoms with Crippen LogP contribution in [0.25, 0.3) is 11.1 Å². The summed E-state index contributed by atoms with van der Waals surface area (Å²) >= 11 is 5.85. The van der Waals surface area contributed by atoms with Crippen LogP contribution in [0, 0.1) is 5.82 Å². The molecule has 3 N–H and O–H groups in total. The predicted molar refractivity (Wildman–Crippen MR) is 135 cm³/mol. The number of hydrogen-bond donors (Lipinski definition) is 3. The zero-order valence-corrected chi connectivity index (χ0v) is 20.7. The zero-order valence-electron chi connectivity index (χ0n) is 19.1. The maximum Gasteiger partial charge on any atom is 0.322 e. The summed E-state index contributed by atoms with van der Waals surface area (Å²) in [6.07, 6.45) is 0.139. The number of carbonyl (C=O) groups is 2. The Morgan fingerprint density at radius 2 is 1.75 bits per heavy atom. The van der Waals surface area contributed by atoms with Crippen LogP contribution in [0.4, 0.5) is 20.6 Å². The molecule has 2 atom stereocenters. The minimum absolute atomic E-state index is 0.0126. The lowest BCUT2D eigenvalue weighted by atomic mass is 10.0. The number of anilines is 2. The molecule has 4 rings (SSSR count). The molecule has 1 fully saturated rings. The molecule has 3 aromatic carbocycles. The van der Waals surface area contributed by atoms with Gasteiger partial charge in [0.05, 0.1) is 16.7 Å². The van der Waals surface area contributed by atoms with Crippen molar-refractivity contribution in [3.05, 3.63) is 77.6 Å². The molecule has 0 unspecified atom stereocenters. The van der Waals surface area contributed by atoms with Crippen molar-refractivity contribution in [1.29, 1.82) is 0 Å². The van der Waals surface area contributed by atoms with Gasteiger partial charge in [0.25, 0.3) is 0 Å². The van der Waals surface area contributed by atoms with E-state index >= 15 is 0 Å². The number of aliphatic hydroxyl groups is 1. The van der Waals surface area contributed by atoms with Crippen molar-refractivity contribution in [3.63, 3.8) is 0 Å². The molecule has 0 aliphatic carbocycles. The monoisotopic (exact) mass is 531 g/mol. The highest BCUT2D eigenvalue weighted by Gasteiger charge is 2.39. The Kier molecular flexibility index (Phi) is 7.30. The van der Waals surface area contributed by atoms with Crippen LogP contribution in [-0.2, 0) is 14.6 Å². The van der Waals surface area contributed by atoms with Gasteiger partial charge >= 0.3 is 6.03 Å². The van der Waals surface area contributed by atoms with Crippen LogP contribution in [0.2, 0.25) is 5.02 Å². The maximum atomic E-state index is 14.9. The Hall–Kier alpha value is -3.47. The van der Waals surface area contributed by atoms with E-state index in [0.717, 1.165) is 12.3 Å². The number of nitrogens with one attached hydrogen (secondary N) is 2. The number of carbonyl (C=O) groups excluding carboxylic acids is 2. The van der Waals surface area contributed by atoms with Gasteiger partial charge in [-0.05, 0) is 48.0 Å². The molecule has 0 aromatic heterocycles. The summed E-state index contributed by atoms with van der Waals surface area (Å²) in [4.78, 5) is 27.0. The molecule has 0 spiro atoms. The molecule has 36 heavy (non-hydrogen) atoms. The number of nitrogens with zero attached hydrogens (tertiary/aromatic N) is 1. The molecule has 3 aromatic rings. The molecule has 1 aliphatic heterocycles. The second-order valence-corrected chi connectivity index (χ2v) is 10.9. The molecule has 0 saturated carbocycles. The Labute approximate surface area is 212 Å². The first-order chi connectivity index (χ1) is 17.0. The van der Waals surface area contributed by atoms with Gasteiger partial charge in [-0.3, -0.25) is 4.79 Å². The number of β-amino-alcohol motifs (C(OH)–C–C–N with tert-alkyl or cyclic N) is 1. The third-order valence-electron chi connectivity index (χ3n) is 5.76. The van der Waals surface area contributed by atoms with Crippen molar-refractivity contribution in [2.75, 3.05) is 23.4 Å². The second-order valence-electron chi connectivity index (χ2n) is 8.45. The highest BCUT2D eigenvalue weighted by atomic mass is 35.5. The van der Waals surface area contributed by atoms with E-state index in [9.17, 15) is 27.5 Å². The molecule has 1 saturated heterocycles. The van der Waals surface area contributed by atoms with E-state index in [4.69, 9.17) is 11.6 Å². The van der Waals surface area contributed by atoms with Crippen molar-refractivity contribution >= 4 is 44.8 Å². The first-order valence-corrected chi connectivity index (χ1v) is 13.2. The first kappa shape index (κ1) is 25.6. The lowest BCUT2D eigenvalue weighted by molar-refractivity contribution is -0.119. The fourth-order valence-corrected chi connectivity index (χ4v) is 5.08. The van der Waals surface area contributed by atoms with Crippen molar-refractivity contribution in [1.82, 2.24) is 4.90 Å². The highest BCUT2D eigenvalue weighted by Crippen LogP contribution is 2.30. The average Bonchev–Trinajstić information content (AvgIpc) is 3.23. The van der Waals surface area contributed by atoms with E-state index in [-0.39, 0.29) is 23.5 Å². The van der Waals surface area contributed by atoms with Crippen LogP contribution in [0.1, 0.15) is 6.42 Å². The summed E-state index contributed by atoms with van der Waals surface area (Å²) in [5.41, 5.74) is 0.980. The lowest BCUT2D eigenvalue weighted by Gasteiger charge is -2.24. The summed E-state index contributed by atoms with van der Waals surface area (Å²) in [6, 6.07) is 15.0. The number of likely N-dealkylation sites (tertiary alicyclic amines) is 1. The standard InChI is InChI=1S/C25H23ClFN3O5S/c1-36(34,35)23-5-3-2-4-19(23)15-6-11-21(20(27)12-15)29-24(32)22-13-18(31)14-30(22)25(33)28-17-9-7-16(26)8-10-17/h2-12,18,22,31H,13-14H2,1H3,(H,28,33)(H,29,32)/t18-,22-/m1/s1. The van der Waals surface area contributed by atoms with Crippen LogP contribution in [-0.4, -0.2) is 55.3 Å². The van der Waals surface area contributed by atoms with Crippen LogP contribution >= 0.6 is 11.6 Å². The Morgan fingerprint density at radius 1 is 1.06 bits per heavy atom. The highest BCUT2D eigenvalue weighted by molar-refractivity contribution is 7.90.